The summed E-state index contributed by atoms with van der Waals surface area (Å²) in [6.45, 7) is 0. The summed E-state index contributed by atoms with van der Waals surface area (Å²) in [6, 6.07) is 2.93. The SMILES string of the molecule is CS(=O)(=O)c1cc(C(=O)I)cc2nc[nH]c12. The summed E-state index contributed by atoms with van der Waals surface area (Å²) in [7, 11) is -3.38. The number of sulfone groups is 1. The summed E-state index contributed by atoms with van der Waals surface area (Å²) in [4.78, 5) is 18.1. The Bertz CT molecular complexity index is 675. The average Bonchev–Trinajstić information content (AvgIpc) is 2.61. The van der Waals surface area contributed by atoms with Gasteiger partial charge >= 0.3 is 0 Å². The van der Waals surface area contributed by atoms with Crippen LogP contribution >= 0.6 is 22.6 Å². The number of halogens is 1. The highest BCUT2D eigenvalue weighted by Crippen LogP contribution is 2.23. The molecule has 1 N–H and O–H groups in total. The highest BCUT2D eigenvalue weighted by Gasteiger charge is 2.16. The van der Waals surface area contributed by atoms with Crippen molar-refractivity contribution < 1.29 is 13.2 Å². The summed E-state index contributed by atoms with van der Waals surface area (Å²) < 4.78 is 22.9. The molecule has 0 saturated heterocycles. The number of benzene rings is 1. The Balaban J connectivity index is 2.89. The van der Waals surface area contributed by atoms with Crippen molar-refractivity contribution in [2.45, 2.75) is 4.90 Å². The molecule has 0 bridgehead atoms. The zero-order chi connectivity index (χ0) is 11.9. The molecule has 1 aromatic carbocycles. The van der Waals surface area contributed by atoms with E-state index in [9.17, 15) is 13.2 Å². The predicted octanol–water partition coefficient (Wildman–Crippen LogP) is 1.54. The number of hydrogen-bond donors (Lipinski definition) is 1. The number of nitrogens with one attached hydrogen (secondary N) is 1. The zero-order valence-electron chi connectivity index (χ0n) is 8.19. The van der Waals surface area contributed by atoms with Crippen LogP contribution in [0.3, 0.4) is 0 Å². The van der Waals surface area contributed by atoms with Crippen LogP contribution in [0.1, 0.15) is 10.4 Å². The van der Waals surface area contributed by atoms with Gasteiger partial charge in [-0.3, -0.25) is 4.79 Å². The molecule has 0 aliphatic carbocycles. The van der Waals surface area contributed by atoms with Crippen molar-refractivity contribution in [3.05, 3.63) is 24.0 Å². The Morgan fingerprint density at radius 2 is 2.12 bits per heavy atom. The van der Waals surface area contributed by atoms with Crippen molar-refractivity contribution in [2.75, 3.05) is 6.26 Å². The minimum Gasteiger partial charge on any atom is -0.344 e. The molecule has 0 unspecified atom stereocenters. The molecule has 16 heavy (non-hydrogen) atoms. The lowest BCUT2D eigenvalue weighted by Crippen LogP contribution is -2.01. The van der Waals surface area contributed by atoms with Crippen molar-refractivity contribution >= 4 is 47.3 Å². The highest BCUT2D eigenvalue weighted by molar-refractivity contribution is 14.1. The van der Waals surface area contributed by atoms with E-state index in [0.717, 1.165) is 6.26 Å². The zero-order valence-corrected chi connectivity index (χ0v) is 11.2. The Morgan fingerprint density at radius 1 is 1.44 bits per heavy atom. The number of carbonyl (C=O) groups is 1. The van der Waals surface area contributed by atoms with E-state index in [1.807, 2.05) is 0 Å². The van der Waals surface area contributed by atoms with Crippen LogP contribution in [0, 0.1) is 0 Å². The summed E-state index contributed by atoms with van der Waals surface area (Å²) in [5.74, 6) is 0. The van der Waals surface area contributed by atoms with E-state index in [1.54, 1.807) is 28.7 Å². The number of H-pyrrole nitrogens is 1. The second kappa shape index (κ2) is 3.81. The molecule has 0 fully saturated rings. The van der Waals surface area contributed by atoms with Gasteiger partial charge in [-0.05, 0) is 12.1 Å². The van der Waals surface area contributed by atoms with Gasteiger partial charge in [0, 0.05) is 34.4 Å². The molecule has 0 aliphatic heterocycles. The smallest absolute Gasteiger partial charge is 0.222 e. The molecule has 0 aliphatic rings. The van der Waals surface area contributed by atoms with Crippen LogP contribution in [0.25, 0.3) is 11.0 Å². The van der Waals surface area contributed by atoms with Gasteiger partial charge in [0.05, 0.1) is 22.3 Å². The summed E-state index contributed by atoms with van der Waals surface area (Å²) >= 11 is 1.61. The van der Waals surface area contributed by atoms with Crippen molar-refractivity contribution in [1.82, 2.24) is 9.97 Å². The highest BCUT2D eigenvalue weighted by atomic mass is 127. The number of fused-ring (bicyclic) bond motifs is 1. The van der Waals surface area contributed by atoms with Crippen LogP contribution in [-0.4, -0.2) is 28.4 Å². The van der Waals surface area contributed by atoms with Crippen molar-refractivity contribution in [1.29, 1.82) is 0 Å². The Labute approximate surface area is 105 Å². The molecular formula is C9H7IN2O3S. The molecular weight excluding hydrogens is 343 g/mol. The largest absolute Gasteiger partial charge is 0.344 e. The van der Waals surface area contributed by atoms with E-state index in [4.69, 9.17) is 0 Å². The molecule has 2 aromatic rings. The molecule has 1 heterocycles. The van der Waals surface area contributed by atoms with Gasteiger partial charge < -0.3 is 4.98 Å². The van der Waals surface area contributed by atoms with Crippen molar-refractivity contribution in [3.63, 3.8) is 0 Å². The first-order valence-corrected chi connectivity index (χ1v) is 7.23. The van der Waals surface area contributed by atoms with Crippen LogP contribution < -0.4 is 0 Å². The Kier molecular flexibility index (Phi) is 2.74. The van der Waals surface area contributed by atoms with Crippen LogP contribution in [-0.2, 0) is 9.84 Å². The average molecular weight is 350 g/mol. The van der Waals surface area contributed by atoms with Gasteiger partial charge in [-0.25, -0.2) is 13.4 Å². The van der Waals surface area contributed by atoms with Crippen LogP contribution in [0.2, 0.25) is 0 Å². The lowest BCUT2D eigenvalue weighted by molar-refractivity contribution is 0.110. The third kappa shape index (κ3) is 1.96. The fraction of sp³-hybridized carbons (Fsp3) is 0.111. The van der Waals surface area contributed by atoms with Crippen LogP contribution in [0.4, 0.5) is 0 Å². The van der Waals surface area contributed by atoms with Gasteiger partial charge in [0.15, 0.2) is 9.84 Å². The Hall–Kier alpha value is -0.960. The topological polar surface area (TPSA) is 79.9 Å². The van der Waals surface area contributed by atoms with E-state index in [1.165, 1.54) is 12.4 Å². The van der Waals surface area contributed by atoms with E-state index in [0.29, 0.717) is 16.6 Å². The second-order valence-electron chi connectivity index (χ2n) is 3.32. The van der Waals surface area contributed by atoms with E-state index in [2.05, 4.69) is 9.97 Å². The molecule has 84 valence electrons. The van der Waals surface area contributed by atoms with Gasteiger partial charge in [0.1, 0.15) is 0 Å². The van der Waals surface area contributed by atoms with Crippen LogP contribution in [0.5, 0.6) is 0 Å². The number of imidazole rings is 1. The fourth-order valence-electron chi connectivity index (χ4n) is 1.42. The lowest BCUT2D eigenvalue weighted by atomic mass is 10.2. The molecule has 0 atom stereocenters. The molecule has 5 nitrogen and oxygen atoms in total. The van der Waals surface area contributed by atoms with Gasteiger partial charge in [0.2, 0.25) is 3.79 Å². The maximum Gasteiger partial charge on any atom is 0.222 e. The van der Waals surface area contributed by atoms with Crippen LogP contribution in [0.15, 0.2) is 23.4 Å². The maximum absolute atomic E-state index is 11.6. The summed E-state index contributed by atoms with van der Waals surface area (Å²) in [5.41, 5.74) is 1.24. The number of carbonyl (C=O) groups excluding carboxylic acids is 1. The standard InChI is InChI=1S/C9H7IN2O3S/c1-16(14,15)7-3-5(9(10)13)2-6-8(7)12-4-11-6/h2-4H,1H3,(H,11,12). The third-order valence-corrected chi connectivity index (χ3v) is 3.86. The molecule has 0 spiro atoms. The summed E-state index contributed by atoms with van der Waals surface area (Å²) in [5, 5.41) is 0. The number of aromatic nitrogens is 2. The van der Waals surface area contributed by atoms with Crippen molar-refractivity contribution in [3.8, 4) is 0 Å². The Morgan fingerprint density at radius 3 is 2.69 bits per heavy atom. The molecule has 0 amide bonds. The van der Waals surface area contributed by atoms with Gasteiger partial charge in [-0.1, -0.05) is 0 Å². The maximum atomic E-state index is 11.6. The first-order chi connectivity index (χ1) is 7.39. The molecule has 0 radical (unpaired) electrons. The van der Waals surface area contributed by atoms with Gasteiger partial charge in [-0.2, -0.15) is 0 Å². The number of hydrogen-bond acceptors (Lipinski definition) is 4. The molecule has 0 saturated carbocycles. The lowest BCUT2D eigenvalue weighted by Gasteiger charge is -2.02. The van der Waals surface area contributed by atoms with Gasteiger partial charge in [0.25, 0.3) is 0 Å². The summed E-state index contributed by atoms with van der Waals surface area (Å²) in [6.07, 6.45) is 2.50. The minimum absolute atomic E-state index is 0.0996. The second-order valence-corrected chi connectivity index (χ2v) is 6.28. The quantitative estimate of drug-likeness (QED) is 0.658. The first kappa shape index (κ1) is 11.5. The monoisotopic (exact) mass is 350 g/mol. The van der Waals surface area contributed by atoms with E-state index < -0.39 is 9.84 Å². The molecule has 2 rings (SSSR count). The molecule has 1 aromatic heterocycles. The van der Waals surface area contributed by atoms with Gasteiger partial charge in [-0.15, -0.1) is 0 Å². The van der Waals surface area contributed by atoms with Crippen molar-refractivity contribution in [2.24, 2.45) is 0 Å². The van der Waals surface area contributed by atoms with E-state index in [-0.39, 0.29) is 8.69 Å². The normalized spacial score (nSPS) is 11.9. The first-order valence-electron chi connectivity index (χ1n) is 4.26. The molecule has 7 heteroatoms. The third-order valence-electron chi connectivity index (χ3n) is 2.12. The number of rotatable bonds is 2. The number of aromatic amines is 1. The number of nitrogens with zero attached hydrogens (tertiary/aromatic N) is 1. The predicted molar refractivity (Wildman–Crippen MR) is 67.6 cm³/mol. The van der Waals surface area contributed by atoms with E-state index >= 15 is 0 Å². The fourth-order valence-corrected chi connectivity index (χ4v) is 2.61. The minimum atomic E-state index is -3.38.